The van der Waals surface area contributed by atoms with Crippen molar-refractivity contribution in [3.8, 4) is 0 Å². The van der Waals surface area contributed by atoms with Crippen molar-refractivity contribution in [2.75, 3.05) is 0 Å². The number of hydrogen-bond donors (Lipinski definition) is 0. The molecular formula is H12P12. The molecule has 0 bridgehead atoms. The first-order valence-electron chi connectivity index (χ1n) is 2.54. The lowest BCUT2D eigenvalue weighted by molar-refractivity contribution is 4.63. The van der Waals surface area contributed by atoms with Crippen molar-refractivity contribution >= 4 is 97.4 Å². The molecule has 0 heterocycles. The zero-order valence-electron chi connectivity index (χ0n) is 6.12. The van der Waals surface area contributed by atoms with Gasteiger partial charge in [0.15, 0.2) is 0 Å². The highest BCUT2D eigenvalue weighted by Crippen LogP contribution is 3.16. The first-order valence-corrected chi connectivity index (χ1v) is 22.8. The summed E-state index contributed by atoms with van der Waals surface area (Å²) in [5.41, 5.74) is 0. The Hall–Kier alpha value is 5.16. The maximum absolute atomic E-state index is 3.71. The van der Waals surface area contributed by atoms with Crippen LogP contribution in [0.3, 0.4) is 0 Å². The minimum atomic E-state index is -0.119. The van der Waals surface area contributed by atoms with Crippen molar-refractivity contribution < 1.29 is 0 Å². The van der Waals surface area contributed by atoms with Crippen LogP contribution in [-0.2, 0) is 0 Å². The van der Waals surface area contributed by atoms with E-state index < -0.39 is 0 Å². The van der Waals surface area contributed by atoms with Crippen LogP contribution in [0.15, 0.2) is 0 Å². The third-order valence-corrected chi connectivity index (χ3v) is 64.9. The lowest BCUT2D eigenvalue weighted by Crippen LogP contribution is -1.43. The highest BCUT2D eigenvalue weighted by atomic mass is 33.3. The molecule has 0 aromatic carbocycles. The van der Waals surface area contributed by atoms with Gasteiger partial charge in [-0.1, -0.05) is 17.9 Å². The second kappa shape index (κ2) is 9.14. The molecule has 0 aliphatic carbocycles. The number of rotatable bonds is 4. The van der Waals surface area contributed by atoms with Gasteiger partial charge < -0.3 is 0 Å². The highest BCUT2D eigenvalue weighted by Gasteiger charge is 2.26. The molecule has 0 aromatic heterocycles. The molecule has 2 radical (unpaired) electrons. The van der Waals surface area contributed by atoms with E-state index in [1.54, 1.807) is 0 Å². The average molecular weight is 384 g/mol. The quantitative estimate of drug-likeness (QED) is 0.453. The zero-order valence-corrected chi connectivity index (χ0v) is 18.4. The summed E-state index contributed by atoms with van der Waals surface area (Å²) in [4.78, 5) is 0. The number of hydrogen-bond acceptors (Lipinski definition) is 0. The van der Waals surface area contributed by atoms with Gasteiger partial charge in [-0.25, -0.2) is 0 Å². The summed E-state index contributed by atoms with van der Waals surface area (Å²) in [6.45, 7) is 0.252. The fraction of sp³-hybridized carbons (Fsp3) is 0. The van der Waals surface area contributed by atoms with Crippen LogP contribution in [0.1, 0.15) is 0 Å². The SMILES string of the molecule is [PH]P([PH])P(P)P(P(P)P)P(P)P. The van der Waals surface area contributed by atoms with Crippen LogP contribution in [0.2, 0.25) is 0 Å². The summed E-state index contributed by atoms with van der Waals surface area (Å²) in [7, 11) is 22.3. The maximum Gasteiger partial charge on any atom is -0.00627 e. The van der Waals surface area contributed by atoms with Crippen molar-refractivity contribution in [1.29, 1.82) is 0 Å². The Balaban J connectivity index is 4.30. The molecule has 6 unspecified atom stereocenters. The lowest BCUT2D eigenvalue weighted by atomic mass is 28.7. The summed E-state index contributed by atoms with van der Waals surface area (Å²) >= 11 is 0. The van der Waals surface area contributed by atoms with E-state index in [1.807, 2.05) is 0 Å². The third kappa shape index (κ3) is 6.79. The first-order chi connectivity index (χ1) is 5.37. The summed E-state index contributed by atoms with van der Waals surface area (Å²) in [5, 5.41) is 0. The van der Waals surface area contributed by atoms with E-state index in [1.165, 1.54) is 0 Å². The summed E-state index contributed by atoms with van der Waals surface area (Å²) < 4.78 is 0. The minimum Gasteiger partial charge on any atom is -0.102 e. The molecule has 0 saturated carbocycles. The smallest absolute Gasteiger partial charge is 0.00627 e. The van der Waals surface area contributed by atoms with Crippen LogP contribution in [-0.4, -0.2) is 0 Å². The summed E-state index contributed by atoms with van der Waals surface area (Å²) in [6, 6.07) is 0. The van der Waals surface area contributed by atoms with Gasteiger partial charge in [-0.3, -0.25) is 0 Å². The van der Waals surface area contributed by atoms with E-state index >= 15 is 0 Å². The average Bonchev–Trinajstić information content (AvgIpc) is 1.85. The summed E-state index contributed by atoms with van der Waals surface area (Å²) in [5.74, 6) is 0. The molecule has 0 N–H and O–H groups in total. The van der Waals surface area contributed by atoms with E-state index in [4.69, 9.17) is 0 Å². The molecule has 0 aliphatic heterocycles. The standard InChI is InChI=1S/H12P12/c1-8(2)11(7)12(9(3)4)10(5)6/h1-2H,3-7H2. The molecule has 0 spiro atoms. The van der Waals surface area contributed by atoms with Gasteiger partial charge in [0, 0.05) is 0 Å². The van der Waals surface area contributed by atoms with Gasteiger partial charge >= 0.3 is 0 Å². The molecule has 12 heavy (non-hydrogen) atoms. The fourth-order valence-electron chi connectivity index (χ4n) is 0.411. The molecule has 72 valence electrons. The second-order valence-corrected chi connectivity index (χ2v) is 44.8. The van der Waals surface area contributed by atoms with E-state index in [0.717, 1.165) is 0 Å². The van der Waals surface area contributed by atoms with Crippen LogP contribution in [0.25, 0.3) is 0 Å². The normalized spacial score (nSPS) is 15.2. The predicted octanol–water partition coefficient (Wildman–Crippen LogP) is 7.12. The van der Waals surface area contributed by atoms with Crippen LogP contribution in [0.5, 0.6) is 0 Å². The van der Waals surface area contributed by atoms with Crippen LogP contribution in [0.4, 0.5) is 0 Å². The molecule has 6 atom stereocenters. The van der Waals surface area contributed by atoms with Gasteiger partial charge in [0.25, 0.3) is 0 Å². The van der Waals surface area contributed by atoms with Crippen LogP contribution < -0.4 is 0 Å². The van der Waals surface area contributed by atoms with Gasteiger partial charge in [0.1, 0.15) is 0 Å². The van der Waals surface area contributed by atoms with E-state index in [-0.39, 0.29) is 34.9 Å². The molecular weight excluding hydrogens is 372 g/mol. The predicted molar refractivity (Wildman–Crippen MR) is 99.8 cm³/mol. The Morgan fingerprint density at radius 2 is 1.08 bits per heavy atom. The molecule has 0 rings (SSSR count). The Morgan fingerprint density at radius 1 is 0.750 bits per heavy atom. The van der Waals surface area contributed by atoms with Gasteiger partial charge in [-0.15, -0.1) is 44.6 Å². The van der Waals surface area contributed by atoms with Gasteiger partial charge in [-0.05, 0) is 34.9 Å². The van der Waals surface area contributed by atoms with E-state index in [2.05, 4.69) is 62.5 Å². The van der Waals surface area contributed by atoms with Gasteiger partial charge in [-0.2, -0.15) is 0 Å². The Bertz CT molecular complexity index is 103. The molecule has 0 aromatic rings. The first kappa shape index (κ1) is 17.2. The molecule has 0 amide bonds. The van der Waals surface area contributed by atoms with Crippen molar-refractivity contribution in [2.24, 2.45) is 0 Å². The largest absolute Gasteiger partial charge is 0.102 e. The highest BCUT2D eigenvalue weighted by molar-refractivity contribution is 9.21. The Kier molecular flexibility index (Phi) is 13.1. The van der Waals surface area contributed by atoms with Crippen molar-refractivity contribution in [3.05, 3.63) is 0 Å². The monoisotopic (exact) mass is 384 g/mol. The fourth-order valence-corrected chi connectivity index (χ4v) is 99.8. The topological polar surface area (TPSA) is 0 Å². The minimum absolute atomic E-state index is 0.0658. The lowest BCUT2D eigenvalue weighted by Gasteiger charge is -2.32. The van der Waals surface area contributed by atoms with Crippen molar-refractivity contribution in [3.63, 3.8) is 0 Å². The maximum atomic E-state index is 3.71. The van der Waals surface area contributed by atoms with Crippen molar-refractivity contribution in [2.45, 2.75) is 0 Å². The summed E-state index contributed by atoms with van der Waals surface area (Å²) in [6.07, 6.45) is 0. The van der Waals surface area contributed by atoms with Crippen LogP contribution in [0, 0.1) is 0 Å². The Labute approximate surface area is 97.0 Å². The zero-order chi connectivity index (χ0) is 9.89. The van der Waals surface area contributed by atoms with Crippen LogP contribution >= 0.6 is 97.4 Å². The Morgan fingerprint density at radius 3 is 1.17 bits per heavy atom. The molecule has 0 saturated heterocycles. The van der Waals surface area contributed by atoms with Gasteiger partial charge in [0.2, 0.25) is 0 Å². The molecule has 0 aliphatic rings. The van der Waals surface area contributed by atoms with E-state index in [0.29, 0.717) is 0 Å². The van der Waals surface area contributed by atoms with Crippen molar-refractivity contribution in [1.82, 2.24) is 0 Å². The van der Waals surface area contributed by atoms with Gasteiger partial charge in [0.05, 0.1) is 0 Å². The second-order valence-electron chi connectivity index (χ2n) is 1.66. The molecule has 0 nitrogen and oxygen atoms in total. The molecule has 0 fully saturated rings. The molecule has 12 heteroatoms. The van der Waals surface area contributed by atoms with E-state index in [9.17, 15) is 0 Å². The third-order valence-electron chi connectivity index (χ3n) is 0.801.